The van der Waals surface area contributed by atoms with Gasteiger partial charge < -0.3 is 15.4 Å². The second-order valence-electron chi connectivity index (χ2n) is 4.42. The normalized spacial score (nSPS) is 12.2. The summed E-state index contributed by atoms with van der Waals surface area (Å²) in [6.07, 6.45) is 1.78. The molecule has 108 valence electrons. The molecule has 0 saturated heterocycles. The van der Waals surface area contributed by atoms with E-state index in [0.29, 0.717) is 17.9 Å². The highest BCUT2D eigenvalue weighted by molar-refractivity contribution is 7.09. The molecule has 1 unspecified atom stereocenters. The Balaban J connectivity index is 2.17. The molecular weight excluding hydrogens is 276 g/mol. The molecule has 0 aliphatic rings. The van der Waals surface area contributed by atoms with Gasteiger partial charge in [-0.05, 0) is 20.8 Å². The number of hydrogen-bond donors (Lipinski definition) is 2. The molecule has 0 aromatic carbocycles. The SMILES string of the molecule is CNc1nc(NC(C)c2nccs2)nc(OC(C)C)n1. The van der Waals surface area contributed by atoms with E-state index in [0.717, 1.165) is 5.01 Å². The van der Waals surface area contributed by atoms with E-state index in [4.69, 9.17) is 4.74 Å². The topological polar surface area (TPSA) is 84.9 Å². The Hall–Kier alpha value is -1.96. The first-order valence-electron chi connectivity index (χ1n) is 6.35. The lowest BCUT2D eigenvalue weighted by Gasteiger charge is -2.13. The minimum atomic E-state index is 0.00587. The van der Waals surface area contributed by atoms with Gasteiger partial charge in [-0.3, -0.25) is 0 Å². The van der Waals surface area contributed by atoms with Gasteiger partial charge in [0.25, 0.3) is 0 Å². The second kappa shape index (κ2) is 6.47. The lowest BCUT2D eigenvalue weighted by Crippen LogP contribution is -2.14. The lowest BCUT2D eigenvalue weighted by molar-refractivity contribution is 0.222. The van der Waals surface area contributed by atoms with E-state index >= 15 is 0 Å². The standard InChI is InChI=1S/C12H18N6OS/c1-7(2)19-12-17-10(13-4)16-11(18-12)15-8(3)9-14-5-6-20-9/h5-8H,1-4H3,(H2,13,15,16,17,18). The van der Waals surface area contributed by atoms with Crippen LogP contribution in [-0.2, 0) is 0 Å². The van der Waals surface area contributed by atoms with E-state index in [1.165, 1.54) is 0 Å². The van der Waals surface area contributed by atoms with E-state index in [-0.39, 0.29) is 12.1 Å². The first-order chi connectivity index (χ1) is 9.58. The van der Waals surface area contributed by atoms with Gasteiger partial charge in [0, 0.05) is 18.6 Å². The molecule has 0 amide bonds. The third-order valence-electron chi connectivity index (χ3n) is 2.35. The molecule has 1 atom stereocenters. The molecule has 2 aromatic heterocycles. The van der Waals surface area contributed by atoms with Gasteiger partial charge in [0.2, 0.25) is 11.9 Å². The van der Waals surface area contributed by atoms with Gasteiger partial charge in [-0.15, -0.1) is 11.3 Å². The maximum atomic E-state index is 5.51. The summed E-state index contributed by atoms with van der Waals surface area (Å²) in [5.74, 6) is 0.923. The van der Waals surface area contributed by atoms with Gasteiger partial charge in [-0.2, -0.15) is 15.0 Å². The number of aromatic nitrogens is 4. The van der Waals surface area contributed by atoms with E-state index in [2.05, 4.69) is 30.6 Å². The van der Waals surface area contributed by atoms with Crippen LogP contribution in [0.25, 0.3) is 0 Å². The van der Waals surface area contributed by atoms with Crippen molar-refractivity contribution in [3.8, 4) is 6.01 Å². The fourth-order valence-corrected chi connectivity index (χ4v) is 2.15. The van der Waals surface area contributed by atoms with Crippen LogP contribution in [0.15, 0.2) is 11.6 Å². The molecule has 7 nitrogen and oxygen atoms in total. The Kier molecular flexibility index (Phi) is 4.67. The number of thiazole rings is 1. The van der Waals surface area contributed by atoms with E-state index in [1.807, 2.05) is 26.2 Å². The average Bonchev–Trinajstić information content (AvgIpc) is 2.91. The number of hydrogen-bond acceptors (Lipinski definition) is 8. The molecule has 2 aromatic rings. The average molecular weight is 294 g/mol. The van der Waals surface area contributed by atoms with Crippen molar-refractivity contribution in [1.82, 2.24) is 19.9 Å². The molecule has 0 radical (unpaired) electrons. The zero-order valence-electron chi connectivity index (χ0n) is 11.9. The van der Waals surface area contributed by atoms with Crippen molar-refractivity contribution in [2.45, 2.75) is 32.9 Å². The molecule has 2 rings (SSSR count). The third kappa shape index (κ3) is 3.77. The predicted octanol–water partition coefficient (Wildman–Crippen LogP) is 2.33. The highest BCUT2D eigenvalue weighted by atomic mass is 32.1. The van der Waals surface area contributed by atoms with E-state index < -0.39 is 0 Å². The summed E-state index contributed by atoms with van der Waals surface area (Å²) in [6.45, 7) is 5.85. The quantitative estimate of drug-likeness (QED) is 0.845. The smallest absolute Gasteiger partial charge is 0.323 e. The molecule has 0 spiro atoms. The van der Waals surface area contributed by atoms with E-state index in [1.54, 1.807) is 24.6 Å². The number of rotatable bonds is 6. The summed E-state index contributed by atoms with van der Waals surface area (Å²) < 4.78 is 5.51. The highest BCUT2D eigenvalue weighted by Crippen LogP contribution is 2.20. The van der Waals surface area contributed by atoms with Crippen LogP contribution >= 0.6 is 11.3 Å². The Labute approximate surface area is 121 Å². The van der Waals surface area contributed by atoms with E-state index in [9.17, 15) is 0 Å². The maximum absolute atomic E-state index is 5.51. The van der Waals surface area contributed by atoms with Gasteiger partial charge in [-0.25, -0.2) is 4.98 Å². The molecule has 0 fully saturated rings. The Morgan fingerprint density at radius 2 is 1.90 bits per heavy atom. The number of ether oxygens (including phenoxy) is 1. The summed E-state index contributed by atoms with van der Waals surface area (Å²) in [4.78, 5) is 16.9. The fraction of sp³-hybridized carbons (Fsp3) is 0.500. The molecule has 0 saturated carbocycles. The highest BCUT2D eigenvalue weighted by Gasteiger charge is 2.13. The maximum Gasteiger partial charge on any atom is 0.323 e. The molecule has 8 heteroatoms. The van der Waals surface area contributed by atoms with Crippen LogP contribution in [0.2, 0.25) is 0 Å². The number of nitrogens with one attached hydrogen (secondary N) is 2. The van der Waals surface area contributed by atoms with Crippen LogP contribution in [0.4, 0.5) is 11.9 Å². The van der Waals surface area contributed by atoms with Crippen LogP contribution < -0.4 is 15.4 Å². The summed E-state index contributed by atoms with van der Waals surface area (Å²) in [5, 5.41) is 9.00. The molecule has 2 heterocycles. The van der Waals surface area contributed by atoms with Crippen LogP contribution in [0, 0.1) is 0 Å². The summed E-state index contributed by atoms with van der Waals surface area (Å²) in [6, 6.07) is 0.321. The summed E-state index contributed by atoms with van der Waals surface area (Å²) in [5.41, 5.74) is 0. The predicted molar refractivity (Wildman–Crippen MR) is 79.3 cm³/mol. The van der Waals surface area contributed by atoms with Crippen molar-refractivity contribution < 1.29 is 4.74 Å². The molecule has 20 heavy (non-hydrogen) atoms. The zero-order valence-corrected chi connectivity index (χ0v) is 12.7. The number of nitrogens with zero attached hydrogens (tertiary/aromatic N) is 4. The summed E-state index contributed by atoms with van der Waals surface area (Å²) in [7, 11) is 1.75. The van der Waals surface area contributed by atoms with Crippen molar-refractivity contribution in [2.24, 2.45) is 0 Å². The minimum absolute atomic E-state index is 0.00587. The van der Waals surface area contributed by atoms with Gasteiger partial charge in [0.05, 0.1) is 12.1 Å². The van der Waals surface area contributed by atoms with Crippen molar-refractivity contribution in [2.75, 3.05) is 17.7 Å². The van der Waals surface area contributed by atoms with Crippen LogP contribution in [0.5, 0.6) is 6.01 Å². The molecule has 2 N–H and O–H groups in total. The Bertz CT molecular complexity index is 545. The molecule has 0 bridgehead atoms. The first-order valence-corrected chi connectivity index (χ1v) is 7.23. The van der Waals surface area contributed by atoms with Gasteiger partial charge in [0.15, 0.2) is 0 Å². The van der Waals surface area contributed by atoms with Crippen LogP contribution in [0.1, 0.15) is 31.8 Å². The van der Waals surface area contributed by atoms with Crippen molar-refractivity contribution >= 4 is 23.2 Å². The molecular formula is C12H18N6OS. The monoisotopic (exact) mass is 294 g/mol. The fourth-order valence-electron chi connectivity index (χ4n) is 1.50. The minimum Gasteiger partial charge on any atom is -0.461 e. The van der Waals surface area contributed by atoms with Crippen molar-refractivity contribution in [1.29, 1.82) is 0 Å². The molecule has 0 aliphatic heterocycles. The van der Waals surface area contributed by atoms with Crippen LogP contribution in [0.3, 0.4) is 0 Å². The first kappa shape index (κ1) is 14.4. The van der Waals surface area contributed by atoms with Crippen LogP contribution in [-0.4, -0.2) is 33.1 Å². The number of anilines is 2. The van der Waals surface area contributed by atoms with Crippen molar-refractivity contribution in [3.63, 3.8) is 0 Å². The van der Waals surface area contributed by atoms with Gasteiger partial charge >= 0.3 is 6.01 Å². The zero-order chi connectivity index (χ0) is 14.5. The summed E-state index contributed by atoms with van der Waals surface area (Å²) >= 11 is 1.58. The largest absolute Gasteiger partial charge is 0.461 e. The van der Waals surface area contributed by atoms with Crippen molar-refractivity contribution in [3.05, 3.63) is 16.6 Å². The second-order valence-corrected chi connectivity index (χ2v) is 5.34. The Morgan fingerprint density at radius 1 is 1.15 bits per heavy atom. The molecule has 0 aliphatic carbocycles. The Morgan fingerprint density at radius 3 is 2.50 bits per heavy atom. The lowest BCUT2D eigenvalue weighted by atomic mass is 10.4. The van der Waals surface area contributed by atoms with Gasteiger partial charge in [0.1, 0.15) is 5.01 Å². The third-order valence-corrected chi connectivity index (χ3v) is 3.31. The van der Waals surface area contributed by atoms with Gasteiger partial charge in [-0.1, -0.05) is 0 Å².